The number of ether oxygens (including phenoxy) is 1. The fourth-order valence-electron chi connectivity index (χ4n) is 5.25. The highest BCUT2D eigenvalue weighted by Gasteiger charge is 2.45. The summed E-state index contributed by atoms with van der Waals surface area (Å²) >= 11 is 0. The lowest BCUT2D eigenvalue weighted by molar-refractivity contribution is -0.153. The van der Waals surface area contributed by atoms with E-state index in [0.29, 0.717) is 11.8 Å². The van der Waals surface area contributed by atoms with E-state index in [1.807, 2.05) is 0 Å². The number of allylic oxidation sites excluding steroid dienone is 1. The highest BCUT2D eigenvalue weighted by molar-refractivity contribution is 6.34. The van der Waals surface area contributed by atoms with Gasteiger partial charge >= 0.3 is 5.97 Å². The molecular weight excluding hydrogens is 344 g/mol. The van der Waals surface area contributed by atoms with Crippen LogP contribution in [0.4, 0.5) is 0 Å². The van der Waals surface area contributed by atoms with Crippen molar-refractivity contribution < 1.29 is 24.5 Å². The van der Waals surface area contributed by atoms with Gasteiger partial charge in [0.25, 0.3) is 5.78 Å². The Balaban J connectivity index is 1.37. The maximum atomic E-state index is 11.3. The minimum atomic E-state index is -1.58. The first-order valence-electron chi connectivity index (χ1n) is 10.7. The second kappa shape index (κ2) is 9.33. The molecule has 5 atom stereocenters. The van der Waals surface area contributed by atoms with Crippen molar-refractivity contribution in [3.05, 3.63) is 12.2 Å². The molecule has 3 fully saturated rings. The van der Waals surface area contributed by atoms with Gasteiger partial charge in [-0.25, -0.2) is 4.79 Å². The van der Waals surface area contributed by atoms with Gasteiger partial charge in [-0.1, -0.05) is 57.1 Å². The Labute approximate surface area is 162 Å². The van der Waals surface area contributed by atoms with E-state index in [9.17, 15) is 14.7 Å². The number of hydrogen-bond acceptors (Lipinski definition) is 4. The molecule has 0 radical (unpaired) electrons. The van der Waals surface area contributed by atoms with Crippen LogP contribution >= 0.6 is 0 Å². The Morgan fingerprint density at radius 3 is 2.52 bits per heavy atom. The molecule has 0 spiro atoms. The number of epoxide rings is 1. The van der Waals surface area contributed by atoms with E-state index in [1.165, 1.54) is 63.4 Å². The Morgan fingerprint density at radius 2 is 1.81 bits per heavy atom. The smallest absolute Gasteiger partial charge is 0.374 e. The summed E-state index contributed by atoms with van der Waals surface area (Å²) in [6.07, 6.45) is 12.6. The van der Waals surface area contributed by atoms with Crippen molar-refractivity contribution in [2.45, 2.75) is 95.4 Å². The Hall–Kier alpha value is -1.20. The first-order chi connectivity index (χ1) is 13.0. The molecule has 2 saturated carbocycles. The van der Waals surface area contributed by atoms with Gasteiger partial charge in [-0.3, -0.25) is 4.79 Å². The lowest BCUT2D eigenvalue weighted by Gasteiger charge is -2.20. The first-order valence-corrected chi connectivity index (χ1v) is 10.7. The van der Waals surface area contributed by atoms with E-state index >= 15 is 0 Å². The average Bonchev–Trinajstić information content (AvgIpc) is 3.01. The zero-order chi connectivity index (χ0) is 19.4. The number of aliphatic hydroxyl groups excluding tert-OH is 1. The lowest BCUT2D eigenvalue weighted by Crippen LogP contribution is -2.29. The van der Waals surface area contributed by atoms with Crippen LogP contribution < -0.4 is 0 Å². The van der Waals surface area contributed by atoms with Crippen LogP contribution in [0.25, 0.3) is 0 Å². The fourth-order valence-corrected chi connectivity index (χ4v) is 5.25. The molecule has 1 heterocycles. The van der Waals surface area contributed by atoms with Crippen LogP contribution in [-0.2, 0) is 14.3 Å². The van der Waals surface area contributed by atoms with Gasteiger partial charge in [0, 0.05) is 6.42 Å². The Kier molecular flexibility index (Phi) is 7.10. The number of hydrogen-bond donors (Lipinski definition) is 2. The van der Waals surface area contributed by atoms with Crippen LogP contribution in [0.2, 0.25) is 0 Å². The maximum absolute atomic E-state index is 11.3. The molecule has 1 saturated heterocycles. The molecular formula is C22H34O5. The monoisotopic (exact) mass is 378 g/mol. The molecule has 5 heteroatoms. The number of rotatable bonds is 11. The highest BCUT2D eigenvalue weighted by atomic mass is 16.6. The second-order valence-corrected chi connectivity index (χ2v) is 8.87. The van der Waals surface area contributed by atoms with E-state index in [2.05, 4.69) is 6.58 Å². The molecule has 2 N–H and O–H groups in total. The van der Waals surface area contributed by atoms with Crippen LogP contribution in [0.1, 0.15) is 77.0 Å². The van der Waals surface area contributed by atoms with Crippen LogP contribution in [-0.4, -0.2) is 40.3 Å². The van der Waals surface area contributed by atoms with Gasteiger partial charge in [-0.2, -0.15) is 0 Å². The van der Waals surface area contributed by atoms with Crippen molar-refractivity contribution >= 4 is 11.8 Å². The van der Waals surface area contributed by atoms with Crippen LogP contribution in [0.3, 0.4) is 0 Å². The van der Waals surface area contributed by atoms with E-state index < -0.39 is 17.9 Å². The third-order valence-electron chi connectivity index (χ3n) is 6.98. The van der Waals surface area contributed by atoms with E-state index in [-0.39, 0.29) is 18.6 Å². The zero-order valence-electron chi connectivity index (χ0n) is 16.3. The third-order valence-corrected chi connectivity index (χ3v) is 6.98. The molecule has 27 heavy (non-hydrogen) atoms. The van der Waals surface area contributed by atoms with Crippen molar-refractivity contribution in [3.8, 4) is 0 Å². The van der Waals surface area contributed by atoms with Gasteiger partial charge in [0.1, 0.15) is 6.10 Å². The summed E-state index contributed by atoms with van der Waals surface area (Å²) in [5, 5.41) is 18.3. The Morgan fingerprint density at radius 1 is 1.11 bits per heavy atom. The quantitative estimate of drug-likeness (QED) is 0.247. The van der Waals surface area contributed by atoms with Gasteiger partial charge in [0.05, 0.1) is 12.2 Å². The topological polar surface area (TPSA) is 87.1 Å². The van der Waals surface area contributed by atoms with Gasteiger partial charge in [0.15, 0.2) is 0 Å². The number of ketones is 1. The van der Waals surface area contributed by atoms with Crippen molar-refractivity contribution in [2.75, 3.05) is 0 Å². The van der Waals surface area contributed by atoms with Crippen molar-refractivity contribution in [2.24, 2.45) is 17.8 Å². The summed E-state index contributed by atoms with van der Waals surface area (Å²) in [6.45, 7) is 4.26. The SMILES string of the molecule is C=C1CC[C@H](CCCCC2CCCC2)[C@H]1C[C@H]1OC1CC(O)C(=O)C(=O)O. The van der Waals surface area contributed by atoms with Crippen molar-refractivity contribution in [3.63, 3.8) is 0 Å². The van der Waals surface area contributed by atoms with E-state index in [4.69, 9.17) is 9.84 Å². The van der Waals surface area contributed by atoms with Crippen molar-refractivity contribution in [1.82, 2.24) is 0 Å². The molecule has 3 aliphatic rings. The summed E-state index contributed by atoms with van der Waals surface area (Å²) in [5.74, 6) is -0.605. The fraction of sp³-hybridized carbons (Fsp3) is 0.818. The average molecular weight is 379 g/mol. The maximum Gasteiger partial charge on any atom is 0.374 e. The van der Waals surface area contributed by atoms with Crippen LogP contribution in [0, 0.1) is 17.8 Å². The minimum absolute atomic E-state index is 0.0297. The van der Waals surface area contributed by atoms with Gasteiger partial charge in [-0.05, 0) is 43.4 Å². The van der Waals surface area contributed by atoms with Crippen LogP contribution in [0.5, 0.6) is 0 Å². The standard InChI is InChI=1S/C22H34O5/c1-14-10-11-16(9-5-4-8-15-6-2-3-7-15)17(14)12-19-20(27-19)13-18(23)21(24)22(25)26/h15-20,23H,1-13H2,(H,25,26)/t16-,17-,18?,19+,20?/m0/s1. The summed E-state index contributed by atoms with van der Waals surface area (Å²) in [7, 11) is 0. The zero-order valence-corrected chi connectivity index (χ0v) is 16.3. The molecule has 0 bridgehead atoms. The summed E-state index contributed by atoms with van der Waals surface area (Å²) in [4.78, 5) is 21.9. The first kappa shape index (κ1) is 20.5. The van der Waals surface area contributed by atoms with Gasteiger partial charge < -0.3 is 14.9 Å². The van der Waals surface area contributed by atoms with Gasteiger partial charge in [-0.15, -0.1) is 0 Å². The third kappa shape index (κ3) is 5.64. The number of carboxylic acid groups (broad SMARTS) is 1. The van der Waals surface area contributed by atoms with Gasteiger partial charge in [0.2, 0.25) is 0 Å². The normalized spacial score (nSPS) is 32.0. The largest absolute Gasteiger partial charge is 0.475 e. The van der Waals surface area contributed by atoms with E-state index in [1.54, 1.807) is 0 Å². The van der Waals surface area contributed by atoms with Crippen molar-refractivity contribution in [1.29, 1.82) is 0 Å². The number of carbonyl (C=O) groups is 2. The number of aliphatic hydroxyl groups is 1. The molecule has 0 amide bonds. The molecule has 0 aromatic carbocycles. The molecule has 5 nitrogen and oxygen atoms in total. The van der Waals surface area contributed by atoms with Crippen LogP contribution in [0.15, 0.2) is 12.2 Å². The molecule has 2 aliphatic carbocycles. The lowest BCUT2D eigenvalue weighted by atomic mass is 9.84. The number of carbonyl (C=O) groups excluding carboxylic acids is 1. The molecule has 1 aliphatic heterocycles. The molecule has 3 rings (SSSR count). The predicted molar refractivity (Wildman–Crippen MR) is 102 cm³/mol. The number of Topliss-reactive ketones (excluding diaryl/α,β-unsaturated/α-hetero) is 1. The predicted octanol–water partition coefficient (Wildman–Crippen LogP) is 3.88. The molecule has 0 aromatic rings. The number of unbranched alkanes of at least 4 members (excludes halogenated alkanes) is 1. The molecule has 2 unspecified atom stereocenters. The second-order valence-electron chi connectivity index (χ2n) is 8.87. The van der Waals surface area contributed by atoms with E-state index in [0.717, 1.165) is 18.8 Å². The number of aliphatic carboxylic acids is 1. The number of carboxylic acids is 1. The summed E-state index contributed by atoms with van der Waals surface area (Å²) in [6, 6.07) is 0. The summed E-state index contributed by atoms with van der Waals surface area (Å²) in [5.41, 5.74) is 1.31. The molecule has 152 valence electrons. The molecule has 0 aromatic heterocycles. The Bertz CT molecular complexity index is 551. The summed E-state index contributed by atoms with van der Waals surface area (Å²) < 4.78 is 5.62. The highest BCUT2D eigenvalue weighted by Crippen LogP contribution is 2.45. The minimum Gasteiger partial charge on any atom is -0.475 e.